The molecule has 0 amide bonds. The Kier molecular flexibility index (Phi) is 4.73. The van der Waals surface area contributed by atoms with E-state index in [4.69, 9.17) is 15.7 Å². The predicted octanol–water partition coefficient (Wildman–Crippen LogP) is 2.41. The lowest BCUT2D eigenvalue weighted by molar-refractivity contribution is 0.111. The summed E-state index contributed by atoms with van der Waals surface area (Å²) in [4.78, 5) is 2.44. The topological polar surface area (TPSA) is 71.1 Å². The Bertz CT molecular complexity index is 526. The molecule has 116 valence electrons. The van der Waals surface area contributed by atoms with Gasteiger partial charge >= 0.3 is 0 Å². The monoisotopic (exact) mass is 291 g/mol. The molecular formula is C16H25N3O2. The largest absolute Gasteiger partial charge is 0.496 e. The number of ether oxygens (including phenoxy) is 1. The lowest BCUT2D eigenvalue weighted by Crippen LogP contribution is -2.39. The van der Waals surface area contributed by atoms with E-state index in [1.807, 2.05) is 12.1 Å². The minimum Gasteiger partial charge on any atom is -0.496 e. The lowest BCUT2D eigenvalue weighted by Gasteiger charge is -2.38. The number of hydrogen-bond acceptors (Lipinski definition) is 4. The number of likely N-dealkylation sites (tertiary alicyclic amines) is 1. The van der Waals surface area contributed by atoms with Gasteiger partial charge in [0.1, 0.15) is 5.75 Å². The van der Waals surface area contributed by atoms with E-state index in [2.05, 4.69) is 23.9 Å². The van der Waals surface area contributed by atoms with E-state index in [0.29, 0.717) is 11.0 Å². The molecule has 1 aromatic carbocycles. The summed E-state index contributed by atoms with van der Waals surface area (Å²) in [6.07, 6.45) is 2.49. The van der Waals surface area contributed by atoms with E-state index < -0.39 is 0 Å². The quantitative estimate of drug-likeness (QED) is 0.387. The average molecular weight is 291 g/mol. The van der Waals surface area contributed by atoms with Crippen molar-refractivity contribution in [1.29, 1.82) is 0 Å². The molecule has 1 fully saturated rings. The van der Waals surface area contributed by atoms with Gasteiger partial charge in [0.15, 0.2) is 5.84 Å². The van der Waals surface area contributed by atoms with Gasteiger partial charge in [-0.3, -0.25) is 4.90 Å². The van der Waals surface area contributed by atoms with Crippen LogP contribution in [0.5, 0.6) is 5.75 Å². The summed E-state index contributed by atoms with van der Waals surface area (Å²) in [5.41, 5.74) is 7.81. The Morgan fingerprint density at radius 2 is 2.24 bits per heavy atom. The van der Waals surface area contributed by atoms with E-state index in [9.17, 15) is 0 Å². The van der Waals surface area contributed by atoms with Crippen LogP contribution in [-0.2, 0) is 6.54 Å². The summed E-state index contributed by atoms with van der Waals surface area (Å²) in [6, 6.07) is 5.62. The second-order valence-corrected chi connectivity index (χ2v) is 6.49. The predicted molar refractivity (Wildman–Crippen MR) is 83.8 cm³/mol. The Morgan fingerprint density at radius 3 is 2.86 bits per heavy atom. The molecule has 2 rings (SSSR count). The van der Waals surface area contributed by atoms with Crippen LogP contribution < -0.4 is 10.5 Å². The molecule has 0 atom stereocenters. The molecule has 5 nitrogen and oxygen atoms in total. The first kappa shape index (κ1) is 15.6. The highest BCUT2D eigenvalue weighted by atomic mass is 16.5. The molecule has 1 aromatic rings. The van der Waals surface area contributed by atoms with Gasteiger partial charge in [-0.15, -0.1) is 0 Å². The van der Waals surface area contributed by atoms with Crippen LogP contribution in [0.1, 0.15) is 37.8 Å². The highest BCUT2D eigenvalue weighted by Gasteiger charge is 2.26. The van der Waals surface area contributed by atoms with Gasteiger partial charge in [0.2, 0.25) is 0 Å². The van der Waals surface area contributed by atoms with Crippen LogP contribution >= 0.6 is 0 Å². The van der Waals surface area contributed by atoms with Crippen molar-refractivity contribution in [2.24, 2.45) is 16.3 Å². The molecule has 0 unspecified atom stereocenters. The molecule has 1 saturated heterocycles. The molecule has 0 spiro atoms. The van der Waals surface area contributed by atoms with Crippen molar-refractivity contribution >= 4 is 5.84 Å². The minimum absolute atomic E-state index is 0.123. The van der Waals surface area contributed by atoms with Gasteiger partial charge in [-0.1, -0.05) is 19.0 Å². The number of nitrogens with two attached hydrogens (primary N) is 1. The second kappa shape index (κ2) is 6.35. The molecule has 0 saturated carbocycles. The number of oxime groups is 1. The van der Waals surface area contributed by atoms with Crippen LogP contribution in [0.25, 0.3) is 0 Å². The molecule has 0 radical (unpaired) electrons. The Balaban J connectivity index is 2.21. The van der Waals surface area contributed by atoms with Gasteiger partial charge in [0.25, 0.3) is 0 Å². The van der Waals surface area contributed by atoms with Crippen LogP contribution in [0.3, 0.4) is 0 Å². The average Bonchev–Trinajstić information content (AvgIpc) is 2.45. The Hall–Kier alpha value is -1.75. The van der Waals surface area contributed by atoms with Crippen molar-refractivity contribution in [3.05, 3.63) is 29.3 Å². The zero-order valence-electron chi connectivity index (χ0n) is 13.1. The number of hydrogen-bond donors (Lipinski definition) is 2. The SMILES string of the molecule is COc1ccc(/C(N)=N/O)cc1CN1CCCC(C)(C)C1. The molecule has 0 bridgehead atoms. The van der Waals surface area contributed by atoms with Crippen molar-refractivity contribution in [2.75, 3.05) is 20.2 Å². The molecule has 5 heteroatoms. The normalized spacial score (nSPS) is 19.5. The first-order chi connectivity index (χ1) is 9.95. The molecule has 3 N–H and O–H groups in total. The number of rotatable bonds is 4. The summed E-state index contributed by atoms with van der Waals surface area (Å²) in [7, 11) is 1.67. The fourth-order valence-electron chi connectivity index (χ4n) is 3.04. The third kappa shape index (κ3) is 3.88. The zero-order chi connectivity index (χ0) is 15.5. The lowest BCUT2D eigenvalue weighted by atomic mass is 9.84. The molecule has 0 aliphatic carbocycles. The van der Waals surface area contributed by atoms with E-state index in [0.717, 1.165) is 30.9 Å². The minimum atomic E-state index is 0.123. The summed E-state index contributed by atoms with van der Waals surface area (Å²) < 4.78 is 5.44. The summed E-state index contributed by atoms with van der Waals surface area (Å²) in [5, 5.41) is 11.9. The van der Waals surface area contributed by atoms with Gasteiger partial charge in [0, 0.05) is 24.2 Å². The number of amidine groups is 1. The van der Waals surface area contributed by atoms with Crippen LogP contribution in [0, 0.1) is 5.41 Å². The maximum absolute atomic E-state index is 8.82. The maximum atomic E-state index is 8.82. The van der Waals surface area contributed by atoms with Crippen molar-refractivity contribution in [1.82, 2.24) is 4.90 Å². The van der Waals surface area contributed by atoms with Crippen LogP contribution in [-0.4, -0.2) is 36.1 Å². The van der Waals surface area contributed by atoms with Crippen LogP contribution in [0.4, 0.5) is 0 Å². The third-order valence-corrected chi connectivity index (χ3v) is 4.06. The van der Waals surface area contributed by atoms with Crippen molar-refractivity contribution in [3.8, 4) is 5.75 Å². The van der Waals surface area contributed by atoms with E-state index >= 15 is 0 Å². The number of methoxy groups -OCH3 is 1. The smallest absolute Gasteiger partial charge is 0.170 e. The number of benzene rings is 1. The molecule has 1 heterocycles. The van der Waals surface area contributed by atoms with E-state index in [1.54, 1.807) is 13.2 Å². The fraction of sp³-hybridized carbons (Fsp3) is 0.562. The van der Waals surface area contributed by atoms with E-state index in [-0.39, 0.29) is 5.84 Å². The molecule has 21 heavy (non-hydrogen) atoms. The fourth-order valence-corrected chi connectivity index (χ4v) is 3.04. The summed E-state index contributed by atoms with van der Waals surface area (Å²) >= 11 is 0. The number of nitrogens with zero attached hydrogens (tertiary/aromatic N) is 2. The Labute approximate surface area is 126 Å². The molecular weight excluding hydrogens is 266 g/mol. The first-order valence-electron chi connectivity index (χ1n) is 7.32. The van der Waals surface area contributed by atoms with Crippen LogP contribution in [0.2, 0.25) is 0 Å². The molecule has 0 aromatic heterocycles. The van der Waals surface area contributed by atoms with Crippen molar-refractivity contribution < 1.29 is 9.94 Å². The standard InChI is InChI=1S/C16H25N3O2/c1-16(2)7-4-8-19(11-16)10-13-9-12(15(17)18-20)5-6-14(13)21-3/h5-6,9,20H,4,7-8,10-11H2,1-3H3,(H2,17,18). The first-order valence-corrected chi connectivity index (χ1v) is 7.32. The van der Waals surface area contributed by atoms with Gasteiger partial charge < -0.3 is 15.7 Å². The van der Waals surface area contributed by atoms with Crippen LogP contribution in [0.15, 0.2) is 23.4 Å². The summed E-state index contributed by atoms with van der Waals surface area (Å²) in [6.45, 7) is 7.61. The van der Waals surface area contributed by atoms with Gasteiger partial charge in [-0.05, 0) is 43.0 Å². The molecule has 1 aliphatic heterocycles. The third-order valence-electron chi connectivity index (χ3n) is 4.06. The summed E-state index contributed by atoms with van der Waals surface area (Å²) in [5.74, 6) is 0.964. The highest BCUT2D eigenvalue weighted by molar-refractivity contribution is 5.97. The van der Waals surface area contributed by atoms with Crippen molar-refractivity contribution in [2.45, 2.75) is 33.2 Å². The van der Waals surface area contributed by atoms with Gasteiger partial charge in [-0.25, -0.2) is 0 Å². The van der Waals surface area contributed by atoms with Gasteiger partial charge in [0.05, 0.1) is 7.11 Å². The van der Waals surface area contributed by atoms with E-state index in [1.165, 1.54) is 12.8 Å². The van der Waals surface area contributed by atoms with Crippen molar-refractivity contribution in [3.63, 3.8) is 0 Å². The zero-order valence-corrected chi connectivity index (χ0v) is 13.1. The highest BCUT2D eigenvalue weighted by Crippen LogP contribution is 2.30. The van der Waals surface area contributed by atoms with Gasteiger partial charge in [-0.2, -0.15) is 0 Å². The second-order valence-electron chi connectivity index (χ2n) is 6.49. The number of piperidine rings is 1. The Morgan fingerprint density at radius 1 is 1.48 bits per heavy atom. The maximum Gasteiger partial charge on any atom is 0.170 e. The molecule has 1 aliphatic rings.